The molecule has 6 fully saturated rings. The Labute approximate surface area is 186 Å². The van der Waals surface area contributed by atoms with Crippen molar-refractivity contribution >= 4 is 17.5 Å². The van der Waals surface area contributed by atoms with E-state index >= 15 is 0 Å². The van der Waals surface area contributed by atoms with Crippen molar-refractivity contribution in [2.75, 3.05) is 11.9 Å². The molecule has 4 heteroatoms. The molecular formula is C27H36N2O2. The van der Waals surface area contributed by atoms with E-state index in [1.807, 2.05) is 24.3 Å². The van der Waals surface area contributed by atoms with Crippen LogP contribution in [0.4, 0.5) is 5.69 Å². The minimum atomic E-state index is -0.132. The molecule has 1 heterocycles. The van der Waals surface area contributed by atoms with E-state index in [4.69, 9.17) is 0 Å². The van der Waals surface area contributed by atoms with Gasteiger partial charge in [-0.15, -0.1) is 0 Å². The van der Waals surface area contributed by atoms with Gasteiger partial charge in [0.1, 0.15) is 0 Å². The SMILES string of the molecule is O=C(c1ccc(NC(=O)C23CC4CC(CC(C4)C2)C3)cc1)N1CCC[C@H]2CCCC[C@@H]21. The lowest BCUT2D eigenvalue weighted by Gasteiger charge is -2.55. The van der Waals surface area contributed by atoms with Gasteiger partial charge >= 0.3 is 0 Å². The fourth-order valence-electron chi connectivity index (χ4n) is 8.39. The maximum atomic E-state index is 13.3. The smallest absolute Gasteiger partial charge is 0.254 e. The molecule has 5 saturated carbocycles. The van der Waals surface area contributed by atoms with Gasteiger partial charge in [0, 0.05) is 23.8 Å². The predicted molar refractivity (Wildman–Crippen MR) is 122 cm³/mol. The molecule has 4 bridgehead atoms. The van der Waals surface area contributed by atoms with Gasteiger partial charge in [-0.2, -0.15) is 0 Å². The molecule has 7 rings (SSSR count). The van der Waals surface area contributed by atoms with Crippen molar-refractivity contribution in [3.63, 3.8) is 0 Å². The number of benzene rings is 1. The van der Waals surface area contributed by atoms with Crippen LogP contribution in [0.15, 0.2) is 24.3 Å². The van der Waals surface area contributed by atoms with Gasteiger partial charge < -0.3 is 10.2 Å². The quantitative estimate of drug-likeness (QED) is 0.688. The highest BCUT2D eigenvalue weighted by Crippen LogP contribution is 2.60. The number of nitrogens with zero attached hydrogens (tertiary/aromatic N) is 1. The first kappa shape index (κ1) is 19.8. The zero-order chi connectivity index (χ0) is 21.0. The molecule has 6 aliphatic rings. The number of hydrogen-bond donors (Lipinski definition) is 1. The molecule has 31 heavy (non-hydrogen) atoms. The molecule has 4 nitrogen and oxygen atoms in total. The minimum Gasteiger partial charge on any atom is -0.335 e. The van der Waals surface area contributed by atoms with Crippen molar-refractivity contribution in [2.24, 2.45) is 29.1 Å². The first-order valence-corrected chi connectivity index (χ1v) is 12.8. The summed E-state index contributed by atoms with van der Waals surface area (Å²) in [5.74, 6) is 3.41. The van der Waals surface area contributed by atoms with E-state index in [0.29, 0.717) is 12.0 Å². The van der Waals surface area contributed by atoms with Crippen molar-refractivity contribution < 1.29 is 9.59 Å². The van der Waals surface area contributed by atoms with Gasteiger partial charge in [0.15, 0.2) is 0 Å². The number of likely N-dealkylation sites (tertiary alicyclic amines) is 1. The summed E-state index contributed by atoms with van der Waals surface area (Å²) in [4.78, 5) is 28.7. The lowest BCUT2D eigenvalue weighted by atomic mass is 9.49. The van der Waals surface area contributed by atoms with Gasteiger partial charge in [0.05, 0.1) is 5.41 Å². The summed E-state index contributed by atoms with van der Waals surface area (Å²) in [7, 11) is 0. The third kappa shape index (κ3) is 3.50. The van der Waals surface area contributed by atoms with Gasteiger partial charge in [-0.05, 0) is 112 Å². The number of rotatable bonds is 3. The van der Waals surface area contributed by atoms with Gasteiger partial charge in [-0.1, -0.05) is 12.8 Å². The average Bonchev–Trinajstić information content (AvgIpc) is 2.78. The molecule has 1 aromatic rings. The monoisotopic (exact) mass is 420 g/mol. The molecule has 1 saturated heterocycles. The number of carbonyl (C=O) groups excluding carboxylic acids is 2. The highest BCUT2D eigenvalue weighted by atomic mass is 16.2. The van der Waals surface area contributed by atoms with Crippen molar-refractivity contribution in [3.05, 3.63) is 29.8 Å². The Bertz CT molecular complexity index is 823. The zero-order valence-electron chi connectivity index (χ0n) is 18.7. The van der Waals surface area contributed by atoms with E-state index in [0.717, 1.165) is 67.7 Å². The Morgan fingerprint density at radius 3 is 2.13 bits per heavy atom. The van der Waals surface area contributed by atoms with Crippen LogP contribution in [0.5, 0.6) is 0 Å². The second-order valence-electron chi connectivity index (χ2n) is 11.5. The Kier molecular flexibility index (Phi) is 4.88. The van der Waals surface area contributed by atoms with Crippen LogP contribution < -0.4 is 5.32 Å². The van der Waals surface area contributed by atoms with E-state index in [9.17, 15) is 9.59 Å². The number of amides is 2. The molecule has 0 radical (unpaired) electrons. The summed E-state index contributed by atoms with van der Waals surface area (Å²) in [6, 6.07) is 8.15. The number of carbonyl (C=O) groups is 2. The van der Waals surface area contributed by atoms with Gasteiger partial charge in [0.2, 0.25) is 5.91 Å². The highest BCUT2D eigenvalue weighted by molar-refractivity contribution is 5.97. The molecule has 2 atom stereocenters. The molecule has 5 aliphatic carbocycles. The van der Waals surface area contributed by atoms with Crippen LogP contribution in [0.1, 0.15) is 87.4 Å². The lowest BCUT2D eigenvalue weighted by Crippen LogP contribution is -2.51. The maximum absolute atomic E-state index is 13.3. The number of piperidine rings is 1. The van der Waals surface area contributed by atoms with E-state index in [2.05, 4.69) is 10.2 Å². The second kappa shape index (κ2) is 7.64. The van der Waals surface area contributed by atoms with E-state index < -0.39 is 0 Å². The van der Waals surface area contributed by atoms with Gasteiger partial charge in [-0.25, -0.2) is 0 Å². The summed E-state index contributed by atoms with van der Waals surface area (Å²) in [5, 5.41) is 3.23. The Hall–Kier alpha value is -1.84. The van der Waals surface area contributed by atoms with Crippen LogP contribution in [0, 0.1) is 29.1 Å². The van der Waals surface area contributed by atoms with E-state index in [1.165, 1.54) is 44.9 Å². The largest absolute Gasteiger partial charge is 0.335 e. The fraction of sp³-hybridized carbons (Fsp3) is 0.704. The van der Waals surface area contributed by atoms with Crippen LogP contribution in [0.3, 0.4) is 0 Å². The van der Waals surface area contributed by atoms with E-state index in [-0.39, 0.29) is 17.2 Å². The molecule has 1 N–H and O–H groups in total. The molecule has 166 valence electrons. The molecule has 0 spiro atoms. The zero-order valence-corrected chi connectivity index (χ0v) is 18.7. The Morgan fingerprint density at radius 2 is 1.45 bits per heavy atom. The van der Waals surface area contributed by atoms with Crippen LogP contribution >= 0.6 is 0 Å². The summed E-state index contributed by atoms with van der Waals surface area (Å²) < 4.78 is 0. The minimum absolute atomic E-state index is 0.132. The molecule has 1 aliphatic heterocycles. The van der Waals surface area contributed by atoms with Crippen molar-refractivity contribution in [2.45, 2.75) is 83.1 Å². The van der Waals surface area contributed by atoms with E-state index in [1.54, 1.807) is 0 Å². The summed E-state index contributed by atoms with van der Waals surface area (Å²) in [6.07, 6.45) is 14.7. The summed E-state index contributed by atoms with van der Waals surface area (Å²) in [6.45, 7) is 0.893. The van der Waals surface area contributed by atoms with Crippen LogP contribution in [-0.2, 0) is 4.79 Å². The standard InChI is InChI=1S/C27H36N2O2/c30-25(29-11-3-5-21-4-1-2-6-24(21)29)22-7-9-23(10-8-22)28-26(31)27-15-18-12-19(16-27)14-20(13-18)17-27/h7-10,18-21,24H,1-6,11-17H2,(H,28,31)/t18?,19?,20?,21-,24+,27?/m1/s1. The number of fused-ring (bicyclic) bond motifs is 1. The average molecular weight is 421 g/mol. The third-order valence-electron chi connectivity index (χ3n) is 9.41. The van der Waals surface area contributed by atoms with Crippen molar-refractivity contribution in [3.8, 4) is 0 Å². The molecule has 1 aromatic carbocycles. The normalized spacial score (nSPS) is 38.6. The molecule has 0 aromatic heterocycles. The molecule has 2 amide bonds. The molecule has 0 unspecified atom stereocenters. The fourth-order valence-corrected chi connectivity index (χ4v) is 8.39. The Balaban J connectivity index is 1.13. The number of anilines is 1. The van der Waals surface area contributed by atoms with Crippen LogP contribution in [0.25, 0.3) is 0 Å². The first-order chi connectivity index (χ1) is 15.1. The molecular weight excluding hydrogens is 384 g/mol. The maximum Gasteiger partial charge on any atom is 0.254 e. The predicted octanol–water partition coefficient (Wildman–Crippen LogP) is 5.64. The Morgan fingerprint density at radius 1 is 0.839 bits per heavy atom. The topological polar surface area (TPSA) is 49.4 Å². The van der Waals surface area contributed by atoms with Gasteiger partial charge in [0.25, 0.3) is 5.91 Å². The number of hydrogen-bond acceptors (Lipinski definition) is 2. The third-order valence-corrected chi connectivity index (χ3v) is 9.41. The van der Waals surface area contributed by atoms with Gasteiger partial charge in [-0.3, -0.25) is 9.59 Å². The number of nitrogens with one attached hydrogen (secondary N) is 1. The summed E-state index contributed by atoms with van der Waals surface area (Å²) >= 11 is 0. The highest BCUT2D eigenvalue weighted by Gasteiger charge is 2.54. The summed E-state index contributed by atoms with van der Waals surface area (Å²) in [5.41, 5.74) is 1.47. The second-order valence-corrected chi connectivity index (χ2v) is 11.5. The first-order valence-electron chi connectivity index (χ1n) is 12.8. The van der Waals surface area contributed by atoms with Crippen LogP contribution in [0.2, 0.25) is 0 Å². The van der Waals surface area contributed by atoms with Crippen LogP contribution in [-0.4, -0.2) is 29.3 Å². The van der Waals surface area contributed by atoms with Crippen molar-refractivity contribution in [1.29, 1.82) is 0 Å². The lowest BCUT2D eigenvalue weighted by molar-refractivity contribution is -0.140. The van der Waals surface area contributed by atoms with Crippen molar-refractivity contribution in [1.82, 2.24) is 4.90 Å².